The third-order valence-electron chi connectivity index (χ3n) is 6.91. The molecule has 172 valence electrons. The molecule has 0 spiro atoms. The predicted octanol–water partition coefficient (Wildman–Crippen LogP) is 3.09. The second kappa shape index (κ2) is 10.7. The van der Waals surface area contributed by atoms with Crippen LogP contribution in [0.3, 0.4) is 0 Å². The Kier molecular flexibility index (Phi) is 8.04. The lowest BCUT2D eigenvalue weighted by Crippen LogP contribution is -2.49. The molecule has 0 saturated carbocycles. The van der Waals surface area contributed by atoms with Gasteiger partial charge in [0.25, 0.3) is 0 Å². The summed E-state index contributed by atoms with van der Waals surface area (Å²) in [7, 11) is 0. The molecule has 3 N–H and O–H groups in total. The van der Waals surface area contributed by atoms with Crippen LogP contribution in [0.4, 0.5) is 0 Å². The molecule has 1 aliphatic heterocycles. The summed E-state index contributed by atoms with van der Waals surface area (Å²) in [6.45, 7) is 6.74. The average Bonchev–Trinajstić information content (AvgIpc) is 2.76. The van der Waals surface area contributed by atoms with Crippen molar-refractivity contribution in [3.05, 3.63) is 65.7 Å². The minimum atomic E-state index is -0.964. The number of ketones is 1. The molecule has 3 unspecified atom stereocenters. The Bertz CT molecular complexity index is 917. The van der Waals surface area contributed by atoms with E-state index in [2.05, 4.69) is 30.1 Å². The number of benzene rings is 2. The van der Waals surface area contributed by atoms with Crippen molar-refractivity contribution in [1.29, 1.82) is 0 Å². The van der Waals surface area contributed by atoms with E-state index in [1.54, 1.807) is 6.07 Å². The van der Waals surface area contributed by atoms with Gasteiger partial charge in [-0.2, -0.15) is 0 Å². The molecule has 0 bridgehead atoms. The maximum absolute atomic E-state index is 13.0. The van der Waals surface area contributed by atoms with Gasteiger partial charge in [-0.25, -0.2) is 0 Å². The van der Waals surface area contributed by atoms with E-state index in [4.69, 9.17) is 5.11 Å². The van der Waals surface area contributed by atoms with Crippen molar-refractivity contribution < 1.29 is 19.8 Å². The molecule has 3 atom stereocenters. The van der Waals surface area contributed by atoms with Crippen molar-refractivity contribution >= 4 is 11.8 Å². The van der Waals surface area contributed by atoms with Crippen molar-refractivity contribution in [2.75, 3.05) is 32.7 Å². The Morgan fingerprint density at radius 2 is 1.91 bits per heavy atom. The molecular weight excluding hydrogens is 404 g/mol. The van der Waals surface area contributed by atoms with Crippen LogP contribution in [0, 0.1) is 11.8 Å². The maximum Gasteiger partial charge on any atom is 0.317 e. The third-order valence-corrected chi connectivity index (χ3v) is 6.91. The van der Waals surface area contributed by atoms with Crippen LogP contribution < -0.4 is 5.32 Å². The van der Waals surface area contributed by atoms with E-state index in [1.165, 1.54) is 0 Å². The lowest BCUT2D eigenvalue weighted by molar-refractivity contribution is -0.136. The SMILES string of the molecule is CC1CN(CC(Cc2ccccc2)C(=O)CNCC(=O)O)CCC1(C)c1cccc(O)c1. The minimum absolute atomic E-state index is 0.0305. The number of carboxylic acid groups (broad SMARTS) is 1. The molecule has 1 saturated heterocycles. The van der Waals surface area contributed by atoms with E-state index >= 15 is 0 Å². The number of piperidine rings is 1. The fraction of sp³-hybridized carbons (Fsp3) is 0.462. The molecule has 0 radical (unpaired) electrons. The highest BCUT2D eigenvalue weighted by Gasteiger charge is 2.39. The summed E-state index contributed by atoms with van der Waals surface area (Å²) >= 11 is 0. The highest BCUT2D eigenvalue weighted by atomic mass is 16.4. The molecule has 3 rings (SSSR count). The molecule has 6 nitrogen and oxygen atoms in total. The zero-order chi connectivity index (χ0) is 23.1. The predicted molar refractivity (Wildman–Crippen MR) is 125 cm³/mol. The van der Waals surface area contributed by atoms with Crippen LogP contribution in [0.2, 0.25) is 0 Å². The maximum atomic E-state index is 13.0. The Morgan fingerprint density at radius 1 is 1.16 bits per heavy atom. The number of hydrogen-bond acceptors (Lipinski definition) is 5. The van der Waals surface area contributed by atoms with E-state index in [9.17, 15) is 14.7 Å². The first-order valence-corrected chi connectivity index (χ1v) is 11.3. The molecule has 1 aliphatic rings. The monoisotopic (exact) mass is 438 g/mol. The number of hydrogen-bond donors (Lipinski definition) is 3. The second-order valence-electron chi connectivity index (χ2n) is 9.23. The highest BCUT2D eigenvalue weighted by Crippen LogP contribution is 2.40. The fourth-order valence-electron chi connectivity index (χ4n) is 4.70. The van der Waals surface area contributed by atoms with Gasteiger partial charge in [0.05, 0.1) is 13.1 Å². The van der Waals surface area contributed by atoms with E-state index in [0.29, 0.717) is 24.6 Å². The summed E-state index contributed by atoms with van der Waals surface area (Å²) in [5.41, 5.74) is 2.23. The van der Waals surface area contributed by atoms with Crippen molar-refractivity contribution in [2.45, 2.75) is 32.1 Å². The van der Waals surface area contributed by atoms with Crippen molar-refractivity contribution in [1.82, 2.24) is 10.2 Å². The van der Waals surface area contributed by atoms with Gasteiger partial charge in [-0.3, -0.25) is 9.59 Å². The standard InChI is InChI=1S/C26H34N2O4/c1-19-17-28(12-11-26(19,2)22-9-6-10-23(29)14-22)18-21(13-20-7-4-3-5-8-20)24(30)15-27-16-25(31)32/h3-10,14,19,21,27,29H,11-13,15-18H2,1-2H3,(H,31,32). The second-order valence-corrected chi connectivity index (χ2v) is 9.23. The lowest BCUT2D eigenvalue weighted by Gasteiger charge is -2.45. The molecule has 32 heavy (non-hydrogen) atoms. The van der Waals surface area contributed by atoms with Gasteiger partial charge in [0.2, 0.25) is 0 Å². The number of Topliss-reactive ketones (excluding diaryl/α,β-unsaturated/α-hetero) is 1. The number of likely N-dealkylation sites (tertiary alicyclic amines) is 1. The zero-order valence-corrected chi connectivity index (χ0v) is 19.0. The van der Waals surface area contributed by atoms with Crippen LogP contribution in [-0.4, -0.2) is 59.6 Å². The zero-order valence-electron chi connectivity index (χ0n) is 19.0. The van der Waals surface area contributed by atoms with Crippen molar-refractivity contribution in [3.8, 4) is 5.75 Å². The number of nitrogens with zero attached hydrogens (tertiary/aromatic N) is 1. The molecule has 0 aliphatic carbocycles. The largest absolute Gasteiger partial charge is 0.508 e. The van der Waals surface area contributed by atoms with Crippen LogP contribution in [0.25, 0.3) is 0 Å². The quantitative estimate of drug-likeness (QED) is 0.528. The van der Waals surface area contributed by atoms with Gasteiger partial charge < -0.3 is 20.4 Å². The average molecular weight is 439 g/mol. The van der Waals surface area contributed by atoms with Gasteiger partial charge in [0.15, 0.2) is 5.78 Å². The van der Waals surface area contributed by atoms with Gasteiger partial charge in [-0.05, 0) is 54.0 Å². The Morgan fingerprint density at radius 3 is 2.56 bits per heavy atom. The number of carboxylic acids is 1. The van der Waals surface area contributed by atoms with Gasteiger partial charge in [-0.1, -0.05) is 56.3 Å². The van der Waals surface area contributed by atoms with E-state index in [1.807, 2.05) is 42.5 Å². The normalized spacial score (nSPS) is 22.4. The first kappa shape index (κ1) is 24.0. The molecule has 2 aromatic carbocycles. The van der Waals surface area contributed by atoms with Crippen LogP contribution in [0.15, 0.2) is 54.6 Å². The van der Waals surface area contributed by atoms with Gasteiger partial charge in [0, 0.05) is 19.0 Å². The Hall–Kier alpha value is -2.70. The number of aliphatic carboxylic acids is 1. The summed E-state index contributed by atoms with van der Waals surface area (Å²) in [6.07, 6.45) is 1.59. The molecular formula is C26H34N2O4. The lowest BCUT2D eigenvalue weighted by atomic mass is 9.68. The fourth-order valence-corrected chi connectivity index (χ4v) is 4.70. The number of nitrogens with one attached hydrogen (secondary N) is 1. The Balaban J connectivity index is 1.67. The first-order valence-electron chi connectivity index (χ1n) is 11.3. The first-order chi connectivity index (χ1) is 15.3. The number of carbonyl (C=O) groups is 2. The van der Waals surface area contributed by atoms with Gasteiger partial charge >= 0.3 is 5.97 Å². The molecule has 0 amide bonds. The summed E-state index contributed by atoms with van der Waals surface area (Å²) < 4.78 is 0. The summed E-state index contributed by atoms with van der Waals surface area (Å²) in [5, 5.41) is 21.5. The van der Waals surface area contributed by atoms with Crippen LogP contribution in [0.5, 0.6) is 5.75 Å². The molecule has 0 aromatic heterocycles. The number of aromatic hydroxyl groups is 1. The molecule has 2 aromatic rings. The van der Waals surface area contributed by atoms with E-state index < -0.39 is 5.97 Å². The number of rotatable bonds is 10. The number of carbonyl (C=O) groups excluding carboxylic acids is 1. The highest BCUT2D eigenvalue weighted by molar-refractivity contribution is 5.84. The minimum Gasteiger partial charge on any atom is -0.508 e. The molecule has 1 heterocycles. The van der Waals surface area contributed by atoms with Crippen molar-refractivity contribution in [2.24, 2.45) is 11.8 Å². The topological polar surface area (TPSA) is 89.9 Å². The molecule has 6 heteroatoms. The van der Waals surface area contributed by atoms with E-state index in [-0.39, 0.29) is 30.2 Å². The summed E-state index contributed by atoms with van der Waals surface area (Å²) in [5.74, 6) is -0.468. The van der Waals surface area contributed by atoms with E-state index in [0.717, 1.165) is 30.6 Å². The van der Waals surface area contributed by atoms with Crippen LogP contribution in [-0.2, 0) is 21.4 Å². The van der Waals surface area contributed by atoms with Crippen LogP contribution in [0.1, 0.15) is 31.4 Å². The number of phenolic OH excluding ortho intramolecular Hbond substituents is 1. The van der Waals surface area contributed by atoms with Gasteiger partial charge in [-0.15, -0.1) is 0 Å². The third kappa shape index (κ3) is 6.17. The van der Waals surface area contributed by atoms with Crippen molar-refractivity contribution in [3.63, 3.8) is 0 Å². The number of phenols is 1. The summed E-state index contributed by atoms with van der Waals surface area (Å²) in [6, 6.07) is 17.5. The van der Waals surface area contributed by atoms with Crippen LogP contribution >= 0.6 is 0 Å². The Labute approximate surface area is 190 Å². The van der Waals surface area contributed by atoms with Gasteiger partial charge in [0.1, 0.15) is 5.75 Å². The smallest absolute Gasteiger partial charge is 0.317 e. The molecule has 1 fully saturated rings. The summed E-state index contributed by atoms with van der Waals surface area (Å²) in [4.78, 5) is 26.1.